The fourth-order valence-electron chi connectivity index (χ4n) is 1.54. The highest BCUT2D eigenvalue weighted by molar-refractivity contribution is 6.92. The van der Waals surface area contributed by atoms with Crippen LogP contribution in [-0.2, 0) is 13.2 Å². The Hall–Kier alpha value is -1.37. The van der Waals surface area contributed by atoms with Gasteiger partial charge in [-0.3, -0.25) is 0 Å². The van der Waals surface area contributed by atoms with Crippen molar-refractivity contribution in [3.8, 4) is 5.75 Å². The van der Waals surface area contributed by atoms with Crippen LogP contribution in [0.2, 0.25) is 0 Å². The summed E-state index contributed by atoms with van der Waals surface area (Å²) in [6.07, 6.45) is 0. The van der Waals surface area contributed by atoms with Crippen LogP contribution in [0.5, 0.6) is 5.75 Å². The van der Waals surface area contributed by atoms with Gasteiger partial charge >= 0.3 is 0 Å². The predicted molar refractivity (Wildman–Crippen MR) is 79.0 cm³/mol. The monoisotopic (exact) mass is 262 g/mol. The van der Waals surface area contributed by atoms with Gasteiger partial charge in [-0.05, 0) is 30.2 Å². The molecule has 96 valence electrons. The van der Waals surface area contributed by atoms with Crippen molar-refractivity contribution < 1.29 is 9.84 Å². The Bertz CT molecular complexity index is 463. The largest absolute Gasteiger partial charge is 0.489 e. The Morgan fingerprint density at radius 3 is 2.00 bits per heavy atom. The van der Waals surface area contributed by atoms with E-state index in [1.807, 2.05) is 24.3 Å². The van der Waals surface area contributed by atoms with Crippen LogP contribution in [0.1, 0.15) is 16.7 Å². The molecule has 2 nitrogen and oxygen atoms in total. The Kier molecular flexibility index (Phi) is 5.84. The highest BCUT2D eigenvalue weighted by atomic mass is 31.0. The van der Waals surface area contributed by atoms with Gasteiger partial charge in [0, 0.05) is 0 Å². The summed E-state index contributed by atoms with van der Waals surface area (Å²) in [6, 6.07) is 15.8. The Labute approximate surface area is 111 Å². The summed E-state index contributed by atoms with van der Waals surface area (Å²) in [5.41, 5.74) is 3.30. The van der Waals surface area contributed by atoms with Crippen molar-refractivity contribution in [3.63, 3.8) is 0 Å². The minimum absolute atomic E-state index is 0. The van der Waals surface area contributed by atoms with E-state index in [0.717, 1.165) is 16.9 Å². The first-order valence-corrected chi connectivity index (χ1v) is 5.66. The van der Waals surface area contributed by atoms with Crippen molar-refractivity contribution in [1.82, 2.24) is 0 Å². The molecule has 0 heterocycles. The highest BCUT2D eigenvalue weighted by Gasteiger charge is 1.96. The van der Waals surface area contributed by atoms with Crippen LogP contribution in [0.15, 0.2) is 48.5 Å². The van der Waals surface area contributed by atoms with E-state index in [0.29, 0.717) is 6.61 Å². The lowest BCUT2D eigenvalue weighted by molar-refractivity contribution is 0.280. The molecule has 0 aliphatic rings. The van der Waals surface area contributed by atoms with E-state index in [-0.39, 0.29) is 16.5 Å². The average molecular weight is 262 g/mol. The van der Waals surface area contributed by atoms with E-state index in [4.69, 9.17) is 9.84 Å². The summed E-state index contributed by atoms with van der Waals surface area (Å²) in [5, 5.41) is 8.92. The molecule has 0 amide bonds. The van der Waals surface area contributed by atoms with Crippen LogP contribution in [0.3, 0.4) is 0 Å². The zero-order chi connectivity index (χ0) is 12.1. The third kappa shape index (κ3) is 4.14. The van der Waals surface area contributed by atoms with Crippen LogP contribution in [0.25, 0.3) is 0 Å². The molecule has 0 aliphatic carbocycles. The van der Waals surface area contributed by atoms with E-state index >= 15 is 0 Å². The number of hydrogen-bond donors (Lipinski definition) is 1. The van der Waals surface area contributed by atoms with Gasteiger partial charge in [-0.1, -0.05) is 42.0 Å². The summed E-state index contributed by atoms with van der Waals surface area (Å²) in [4.78, 5) is 0. The maximum Gasteiger partial charge on any atom is 0.119 e. The van der Waals surface area contributed by atoms with E-state index in [2.05, 4.69) is 31.2 Å². The first kappa shape index (κ1) is 14.7. The zero-order valence-corrected chi connectivity index (χ0v) is 12.0. The first-order chi connectivity index (χ1) is 8.28. The Morgan fingerprint density at radius 2 is 1.44 bits per heavy atom. The van der Waals surface area contributed by atoms with Gasteiger partial charge in [0.05, 0.1) is 6.61 Å². The predicted octanol–water partition coefficient (Wildman–Crippen LogP) is 3.12. The molecule has 2 aromatic carbocycles. The van der Waals surface area contributed by atoms with Crippen molar-refractivity contribution >= 4 is 9.90 Å². The number of rotatable bonds is 4. The van der Waals surface area contributed by atoms with Gasteiger partial charge in [-0.15, -0.1) is 0 Å². The topological polar surface area (TPSA) is 29.5 Å². The maximum absolute atomic E-state index is 8.92. The highest BCUT2D eigenvalue weighted by Crippen LogP contribution is 2.14. The molecule has 18 heavy (non-hydrogen) atoms. The molecule has 0 fully saturated rings. The summed E-state index contributed by atoms with van der Waals surface area (Å²) < 4.78 is 5.65. The van der Waals surface area contributed by atoms with Gasteiger partial charge in [0.2, 0.25) is 0 Å². The van der Waals surface area contributed by atoms with Crippen LogP contribution in [0.4, 0.5) is 0 Å². The van der Waals surface area contributed by atoms with Gasteiger partial charge < -0.3 is 9.84 Å². The van der Waals surface area contributed by atoms with Crippen molar-refractivity contribution in [2.24, 2.45) is 0 Å². The number of benzene rings is 2. The molecular formula is C15H19O2P. The summed E-state index contributed by atoms with van der Waals surface area (Å²) in [7, 11) is 0. The van der Waals surface area contributed by atoms with Crippen molar-refractivity contribution in [2.45, 2.75) is 20.1 Å². The smallest absolute Gasteiger partial charge is 0.119 e. The van der Waals surface area contributed by atoms with Crippen LogP contribution in [0, 0.1) is 6.92 Å². The SMILES string of the molecule is Cc1ccc(COc2ccc(CO)cc2)cc1.P. The fraction of sp³-hybridized carbons (Fsp3) is 0.200. The van der Waals surface area contributed by atoms with E-state index in [1.54, 1.807) is 0 Å². The molecule has 0 spiro atoms. The zero-order valence-electron chi connectivity index (χ0n) is 10.6. The van der Waals surface area contributed by atoms with E-state index in [1.165, 1.54) is 5.56 Å². The van der Waals surface area contributed by atoms with Gasteiger partial charge in [-0.2, -0.15) is 9.90 Å². The molecule has 1 atom stereocenters. The van der Waals surface area contributed by atoms with Gasteiger partial charge in [0.15, 0.2) is 0 Å². The molecule has 1 N–H and O–H groups in total. The van der Waals surface area contributed by atoms with Gasteiger partial charge in [0.1, 0.15) is 12.4 Å². The van der Waals surface area contributed by atoms with Crippen molar-refractivity contribution in [1.29, 1.82) is 0 Å². The number of aliphatic hydroxyl groups excluding tert-OH is 1. The molecule has 0 aromatic heterocycles. The molecule has 0 saturated heterocycles. The summed E-state index contributed by atoms with van der Waals surface area (Å²) in [5.74, 6) is 0.822. The standard InChI is InChI=1S/C15H16O2.H3P/c1-12-2-4-14(5-3-12)11-17-15-8-6-13(10-16)7-9-15;/h2-9,16H,10-11H2,1H3;1H3. The summed E-state index contributed by atoms with van der Waals surface area (Å²) in [6.45, 7) is 2.70. The Balaban J connectivity index is 0.00000162. The lowest BCUT2D eigenvalue weighted by Crippen LogP contribution is -1.95. The minimum Gasteiger partial charge on any atom is -0.489 e. The first-order valence-electron chi connectivity index (χ1n) is 5.66. The fourth-order valence-corrected chi connectivity index (χ4v) is 1.54. The molecule has 2 aromatic rings. The lowest BCUT2D eigenvalue weighted by Gasteiger charge is -2.07. The normalized spacial score (nSPS) is 9.67. The summed E-state index contributed by atoms with van der Waals surface area (Å²) >= 11 is 0. The number of hydrogen-bond acceptors (Lipinski definition) is 2. The molecule has 1 unspecified atom stereocenters. The number of aryl methyl sites for hydroxylation is 1. The molecular weight excluding hydrogens is 243 g/mol. The van der Waals surface area contributed by atoms with Gasteiger partial charge in [0.25, 0.3) is 0 Å². The third-order valence-electron chi connectivity index (χ3n) is 2.63. The molecule has 2 rings (SSSR count). The molecule has 0 aliphatic heterocycles. The average Bonchev–Trinajstić information content (AvgIpc) is 2.39. The maximum atomic E-state index is 8.92. The van der Waals surface area contributed by atoms with Crippen LogP contribution < -0.4 is 4.74 Å². The minimum atomic E-state index is 0. The number of aliphatic hydroxyl groups is 1. The number of ether oxygens (including phenoxy) is 1. The third-order valence-corrected chi connectivity index (χ3v) is 2.63. The second kappa shape index (κ2) is 7.15. The molecule has 0 bridgehead atoms. The van der Waals surface area contributed by atoms with E-state index < -0.39 is 0 Å². The van der Waals surface area contributed by atoms with Crippen LogP contribution in [-0.4, -0.2) is 5.11 Å². The van der Waals surface area contributed by atoms with Crippen LogP contribution >= 0.6 is 9.90 Å². The lowest BCUT2D eigenvalue weighted by atomic mass is 10.2. The second-order valence-corrected chi connectivity index (χ2v) is 4.08. The van der Waals surface area contributed by atoms with E-state index in [9.17, 15) is 0 Å². The van der Waals surface area contributed by atoms with Crippen molar-refractivity contribution in [2.75, 3.05) is 0 Å². The quantitative estimate of drug-likeness (QED) is 0.858. The second-order valence-electron chi connectivity index (χ2n) is 4.08. The van der Waals surface area contributed by atoms with Gasteiger partial charge in [-0.25, -0.2) is 0 Å². The van der Waals surface area contributed by atoms with Crippen molar-refractivity contribution in [3.05, 3.63) is 65.2 Å². The Morgan fingerprint density at radius 1 is 0.889 bits per heavy atom. The molecule has 0 radical (unpaired) electrons. The molecule has 0 saturated carbocycles. The molecule has 3 heteroatoms.